The van der Waals surface area contributed by atoms with Gasteiger partial charge in [0.1, 0.15) is 5.82 Å². The van der Waals surface area contributed by atoms with Gasteiger partial charge >= 0.3 is 12.2 Å². The fourth-order valence-corrected chi connectivity index (χ4v) is 4.81. The van der Waals surface area contributed by atoms with E-state index >= 15 is 0 Å². The number of halogens is 3. The van der Waals surface area contributed by atoms with Gasteiger partial charge < -0.3 is 26.4 Å². The minimum absolute atomic E-state index is 0.00330. The van der Waals surface area contributed by atoms with Crippen LogP contribution in [0.25, 0.3) is 11.1 Å². The molecule has 10 nitrogen and oxygen atoms in total. The van der Waals surface area contributed by atoms with E-state index in [1.54, 1.807) is 68.6 Å². The van der Waals surface area contributed by atoms with Crippen LogP contribution >= 0.6 is 0 Å². The quantitative estimate of drug-likeness (QED) is 0.115. The predicted octanol–water partition coefficient (Wildman–Crippen LogP) is 6.77. The Kier molecular flexibility index (Phi) is 9.51. The monoisotopic (exact) mass is 613 g/mol. The zero-order valence-electron chi connectivity index (χ0n) is 23.2. The van der Waals surface area contributed by atoms with Gasteiger partial charge in [0.2, 0.25) is 5.95 Å². The average Bonchev–Trinajstić information content (AvgIpc) is 2.98. The summed E-state index contributed by atoms with van der Waals surface area (Å²) >= 11 is 0. The van der Waals surface area contributed by atoms with Crippen LogP contribution in [0.1, 0.15) is 19.4 Å². The van der Waals surface area contributed by atoms with Crippen molar-refractivity contribution in [1.29, 1.82) is 4.78 Å². The number of nitrogens with zero attached hydrogens (tertiary/aromatic N) is 2. The van der Waals surface area contributed by atoms with Crippen molar-refractivity contribution in [3.63, 3.8) is 0 Å². The third kappa shape index (κ3) is 8.20. The van der Waals surface area contributed by atoms with Gasteiger partial charge in [-0.05, 0) is 67.1 Å². The summed E-state index contributed by atoms with van der Waals surface area (Å²) < 4.78 is 59.1. The Hall–Kier alpha value is -4.69. The number of aliphatic hydroxyl groups excluding tert-OH is 1. The molecule has 1 heterocycles. The lowest BCUT2D eigenvalue weighted by molar-refractivity contribution is -0.137. The Balaban J connectivity index is 1.49. The number of aromatic nitrogens is 2. The number of benzene rings is 3. The number of alkyl halides is 3. The van der Waals surface area contributed by atoms with E-state index in [0.29, 0.717) is 33.2 Å². The van der Waals surface area contributed by atoms with Gasteiger partial charge in [0, 0.05) is 45.5 Å². The highest BCUT2D eigenvalue weighted by atomic mass is 32.2. The second-order valence-corrected chi connectivity index (χ2v) is 11.9. The van der Waals surface area contributed by atoms with Crippen molar-refractivity contribution in [2.45, 2.75) is 31.0 Å². The molecule has 0 saturated heterocycles. The van der Waals surface area contributed by atoms with E-state index in [9.17, 15) is 27.3 Å². The zero-order valence-corrected chi connectivity index (χ0v) is 24.0. The summed E-state index contributed by atoms with van der Waals surface area (Å²) in [5, 5.41) is 20.8. The molecule has 0 spiro atoms. The van der Waals surface area contributed by atoms with Crippen LogP contribution in [0, 0.1) is 4.78 Å². The first-order valence-corrected chi connectivity index (χ1v) is 14.8. The molecule has 0 aliphatic carbocycles. The van der Waals surface area contributed by atoms with Crippen LogP contribution in [0.4, 0.5) is 46.8 Å². The van der Waals surface area contributed by atoms with Crippen LogP contribution < -0.4 is 21.3 Å². The van der Waals surface area contributed by atoms with Gasteiger partial charge in [-0.3, -0.25) is 0 Å². The average molecular weight is 614 g/mol. The maximum Gasteiger partial charge on any atom is 0.416 e. The summed E-state index contributed by atoms with van der Waals surface area (Å²) in [6, 6.07) is 16.6. The second-order valence-electron chi connectivity index (χ2n) is 9.53. The first-order valence-electron chi connectivity index (χ1n) is 13.1. The van der Waals surface area contributed by atoms with Crippen LogP contribution in [-0.2, 0) is 15.9 Å². The van der Waals surface area contributed by atoms with Gasteiger partial charge in [0.15, 0.2) is 0 Å². The highest BCUT2D eigenvalue weighted by Gasteiger charge is 2.30. The summed E-state index contributed by atoms with van der Waals surface area (Å²) in [7, 11) is -2.83. The van der Waals surface area contributed by atoms with Gasteiger partial charge in [-0.15, -0.1) is 0 Å². The van der Waals surface area contributed by atoms with Crippen LogP contribution in [0.5, 0.6) is 0 Å². The molecular weight excluding hydrogens is 583 g/mol. The molecule has 0 bridgehead atoms. The van der Waals surface area contributed by atoms with Gasteiger partial charge in [-0.2, -0.15) is 18.2 Å². The van der Waals surface area contributed by atoms with Crippen LogP contribution in [0.2, 0.25) is 0 Å². The van der Waals surface area contributed by atoms with Crippen LogP contribution in [0.3, 0.4) is 0 Å². The molecule has 14 heteroatoms. The second kappa shape index (κ2) is 13.1. The van der Waals surface area contributed by atoms with Gasteiger partial charge in [-0.1, -0.05) is 25.1 Å². The lowest BCUT2D eigenvalue weighted by Gasteiger charge is -2.17. The van der Waals surface area contributed by atoms with E-state index in [1.165, 1.54) is 12.1 Å². The highest BCUT2D eigenvalue weighted by molar-refractivity contribution is 7.92. The molecule has 3 aromatic carbocycles. The third-order valence-electron chi connectivity index (χ3n) is 6.25. The molecule has 6 N–H and O–H groups in total. The van der Waals surface area contributed by atoms with Crippen molar-refractivity contribution >= 4 is 44.6 Å². The van der Waals surface area contributed by atoms with E-state index < -0.39 is 27.5 Å². The van der Waals surface area contributed by atoms with E-state index in [2.05, 4.69) is 31.2 Å². The Morgan fingerprint density at radius 1 is 1.00 bits per heavy atom. The normalized spacial score (nSPS) is 13.4. The summed E-state index contributed by atoms with van der Waals surface area (Å²) in [4.78, 5) is 21.8. The minimum atomic E-state index is -4.53. The van der Waals surface area contributed by atoms with Crippen molar-refractivity contribution < 1.29 is 27.3 Å². The van der Waals surface area contributed by atoms with Crippen molar-refractivity contribution in [3.8, 4) is 11.1 Å². The molecule has 0 aliphatic heterocycles. The van der Waals surface area contributed by atoms with Gasteiger partial charge in [0.25, 0.3) is 0 Å². The topological polar surface area (TPSA) is 152 Å². The fourth-order valence-electron chi connectivity index (χ4n) is 3.90. The largest absolute Gasteiger partial charge is 0.416 e. The van der Waals surface area contributed by atoms with Gasteiger partial charge in [0.05, 0.1) is 21.9 Å². The van der Waals surface area contributed by atoms with E-state index in [-0.39, 0.29) is 30.0 Å². The van der Waals surface area contributed by atoms with Crippen molar-refractivity contribution in [2.24, 2.45) is 0 Å². The first-order chi connectivity index (χ1) is 20.4. The molecule has 4 aromatic rings. The molecule has 226 valence electrons. The lowest BCUT2D eigenvalue weighted by Crippen LogP contribution is -2.21. The molecule has 0 radical (unpaired) electrons. The molecule has 2 atom stereocenters. The number of urea groups is 1. The molecular formula is C29H30F3N7O3S. The van der Waals surface area contributed by atoms with Crippen LogP contribution in [-0.4, -0.2) is 43.7 Å². The van der Waals surface area contributed by atoms with E-state index in [4.69, 9.17) is 4.78 Å². The molecule has 0 aliphatic rings. The molecule has 43 heavy (non-hydrogen) atoms. The molecule has 0 saturated carbocycles. The fraction of sp³-hybridized carbons (Fsp3) is 0.207. The standard InChI is InChI=1S/C29H30F3N7O3S/c1-3-43(33,42)24-13-11-21(12-14-24)36-27-34-16-25(26(39-27)35-18(2)17-40)19-7-9-22(10-8-19)37-28(41)38-23-6-4-5-20(15-23)29(30,31)32/h4-16,18,33,40H,3,17H2,1-2H3,(H2,37,38,41)(H2,34,35,36,39). The number of nitrogens with one attached hydrogen (secondary N) is 5. The number of hydrogen-bond donors (Lipinski definition) is 6. The number of amides is 2. The zero-order chi connectivity index (χ0) is 31.2. The number of aliphatic hydroxyl groups is 1. The summed E-state index contributed by atoms with van der Waals surface area (Å²) in [6.07, 6.45) is -2.94. The maximum absolute atomic E-state index is 13.0. The van der Waals surface area contributed by atoms with Crippen molar-refractivity contribution in [3.05, 3.63) is 84.6 Å². The number of carbonyl (C=O) groups is 1. The van der Waals surface area contributed by atoms with Crippen molar-refractivity contribution in [1.82, 2.24) is 9.97 Å². The molecule has 4 rings (SSSR count). The first kappa shape index (κ1) is 31.3. The van der Waals surface area contributed by atoms with Gasteiger partial charge in [-0.25, -0.2) is 18.8 Å². The smallest absolute Gasteiger partial charge is 0.394 e. The highest BCUT2D eigenvalue weighted by Crippen LogP contribution is 2.31. The number of hydrogen-bond acceptors (Lipinski definition) is 8. The van der Waals surface area contributed by atoms with Crippen molar-refractivity contribution in [2.75, 3.05) is 33.6 Å². The number of carbonyl (C=O) groups excluding carboxylic acids is 1. The molecule has 0 fully saturated rings. The lowest BCUT2D eigenvalue weighted by atomic mass is 10.1. The van der Waals surface area contributed by atoms with Crippen LogP contribution in [0.15, 0.2) is 83.9 Å². The predicted molar refractivity (Wildman–Crippen MR) is 161 cm³/mol. The summed E-state index contributed by atoms with van der Waals surface area (Å²) in [5.74, 6) is 0.904. The van der Waals surface area contributed by atoms with E-state index in [0.717, 1.165) is 12.1 Å². The van der Waals surface area contributed by atoms with E-state index in [1.807, 2.05) is 0 Å². The SMILES string of the molecule is CCS(=N)(=O)c1ccc(Nc2ncc(-c3ccc(NC(=O)Nc4cccc(C(F)(F)F)c4)cc3)c(NC(C)CO)n2)cc1. The molecule has 2 unspecified atom stereocenters. The minimum Gasteiger partial charge on any atom is -0.394 e. The maximum atomic E-state index is 13.0. The summed E-state index contributed by atoms with van der Waals surface area (Å²) in [6.45, 7) is 3.32. The Morgan fingerprint density at radius 3 is 2.28 bits per heavy atom. The Labute approximate surface area is 246 Å². The summed E-state index contributed by atoms with van der Waals surface area (Å²) in [5.41, 5.74) is 1.45. The number of anilines is 5. The Bertz CT molecular complexity index is 1680. The number of rotatable bonds is 10. The molecule has 2 amide bonds. The molecule has 1 aromatic heterocycles. The Morgan fingerprint density at radius 2 is 1.65 bits per heavy atom. The third-order valence-corrected chi connectivity index (χ3v) is 8.09.